The second-order valence-electron chi connectivity index (χ2n) is 7.63. The third kappa shape index (κ3) is 3.83. The molecule has 1 aliphatic carbocycles. The zero-order valence-electron chi connectivity index (χ0n) is 16.7. The van der Waals surface area contributed by atoms with Gasteiger partial charge in [0.2, 0.25) is 0 Å². The molecule has 1 unspecified atom stereocenters. The first-order valence-corrected chi connectivity index (χ1v) is 11.1. The minimum Gasteiger partial charge on any atom is -0.294 e. The molecule has 5 heteroatoms. The molecule has 0 N–H and O–H groups in total. The molecule has 0 bridgehead atoms. The fraction of sp³-hybridized carbons (Fsp3) is 0.200. The largest absolute Gasteiger partial charge is 0.294 e. The summed E-state index contributed by atoms with van der Waals surface area (Å²) < 4.78 is 1.15. The van der Waals surface area contributed by atoms with Crippen molar-refractivity contribution in [2.45, 2.75) is 6.04 Å². The summed E-state index contributed by atoms with van der Waals surface area (Å²) in [6, 6.07) is 21.7. The van der Waals surface area contributed by atoms with E-state index in [-0.39, 0.29) is 6.04 Å². The van der Waals surface area contributed by atoms with E-state index in [1.807, 2.05) is 18.3 Å². The van der Waals surface area contributed by atoms with Gasteiger partial charge in [-0.2, -0.15) is 5.10 Å². The maximum atomic E-state index is 4.69. The molecule has 2 aromatic carbocycles. The van der Waals surface area contributed by atoms with Crippen LogP contribution in [0.3, 0.4) is 0 Å². The molecule has 1 fully saturated rings. The SMILES string of the molecule is BrC1=Cc2ccccc2C(N2CCN(/N=C/c3ccncc3)CC2)c2ccccc21. The van der Waals surface area contributed by atoms with Gasteiger partial charge in [0, 0.05) is 43.1 Å². The molecule has 5 rings (SSSR count). The van der Waals surface area contributed by atoms with Crippen molar-refractivity contribution in [2.75, 3.05) is 26.2 Å². The highest BCUT2D eigenvalue weighted by molar-refractivity contribution is 9.15. The molecule has 1 atom stereocenters. The van der Waals surface area contributed by atoms with Crippen molar-refractivity contribution in [2.24, 2.45) is 5.10 Å². The number of fused-ring (bicyclic) bond motifs is 2. The van der Waals surface area contributed by atoms with Crippen molar-refractivity contribution in [3.8, 4) is 0 Å². The smallest absolute Gasteiger partial charge is 0.0615 e. The quantitative estimate of drug-likeness (QED) is 0.515. The molecule has 0 spiro atoms. The lowest BCUT2D eigenvalue weighted by Gasteiger charge is -2.39. The van der Waals surface area contributed by atoms with Gasteiger partial charge in [-0.3, -0.25) is 14.9 Å². The molecule has 1 aliphatic heterocycles. The van der Waals surface area contributed by atoms with Crippen LogP contribution in [0.4, 0.5) is 0 Å². The first kappa shape index (κ1) is 19.2. The molecule has 1 aromatic heterocycles. The topological polar surface area (TPSA) is 31.7 Å². The first-order valence-electron chi connectivity index (χ1n) is 10.3. The van der Waals surface area contributed by atoms with Crippen LogP contribution in [0.25, 0.3) is 10.6 Å². The molecule has 1 saturated heterocycles. The Morgan fingerprint density at radius 1 is 0.867 bits per heavy atom. The molecule has 0 radical (unpaired) electrons. The highest BCUT2D eigenvalue weighted by atomic mass is 79.9. The number of rotatable bonds is 3. The minimum atomic E-state index is 0.245. The number of hydrogen-bond donors (Lipinski definition) is 0. The number of nitrogens with zero attached hydrogens (tertiary/aromatic N) is 4. The molecule has 0 saturated carbocycles. The average molecular weight is 459 g/mol. The number of halogens is 1. The van der Waals surface area contributed by atoms with Crippen molar-refractivity contribution in [1.82, 2.24) is 14.9 Å². The lowest BCUT2D eigenvalue weighted by Crippen LogP contribution is -2.46. The molecule has 2 heterocycles. The van der Waals surface area contributed by atoms with Gasteiger partial charge in [0.15, 0.2) is 0 Å². The number of benzene rings is 2. The summed E-state index contributed by atoms with van der Waals surface area (Å²) in [7, 11) is 0. The molecule has 3 aromatic rings. The zero-order chi connectivity index (χ0) is 20.3. The summed E-state index contributed by atoms with van der Waals surface area (Å²) in [5.41, 5.74) is 6.36. The molecular weight excluding hydrogens is 436 g/mol. The Kier molecular flexibility index (Phi) is 5.47. The Balaban J connectivity index is 1.40. The molecule has 2 aliphatic rings. The zero-order valence-corrected chi connectivity index (χ0v) is 18.2. The standard InChI is InChI=1S/C25H23BrN4/c26-24-17-20-5-1-2-6-21(20)25(23-8-4-3-7-22(23)24)29-13-15-30(16-14-29)28-18-19-9-11-27-12-10-19/h1-12,17-18,25H,13-16H2/b28-18+. The summed E-state index contributed by atoms with van der Waals surface area (Å²) in [5.74, 6) is 0. The van der Waals surface area contributed by atoms with E-state index in [1.165, 1.54) is 22.3 Å². The van der Waals surface area contributed by atoms with Crippen LogP contribution in [0.5, 0.6) is 0 Å². The number of hydrogen-bond acceptors (Lipinski definition) is 4. The van der Waals surface area contributed by atoms with Gasteiger partial charge in [-0.15, -0.1) is 0 Å². The van der Waals surface area contributed by atoms with Crippen LogP contribution in [0, 0.1) is 0 Å². The van der Waals surface area contributed by atoms with Gasteiger partial charge in [-0.1, -0.05) is 64.5 Å². The Morgan fingerprint density at radius 3 is 2.37 bits per heavy atom. The lowest BCUT2D eigenvalue weighted by molar-refractivity contribution is 0.112. The highest BCUT2D eigenvalue weighted by Gasteiger charge is 2.30. The van der Waals surface area contributed by atoms with E-state index in [9.17, 15) is 0 Å². The molecule has 30 heavy (non-hydrogen) atoms. The predicted octanol–water partition coefficient (Wildman–Crippen LogP) is 5.03. The van der Waals surface area contributed by atoms with Crippen LogP contribution in [0.2, 0.25) is 0 Å². The summed E-state index contributed by atoms with van der Waals surface area (Å²) >= 11 is 3.82. The number of hydrazone groups is 1. The molecular formula is C25H23BrN4. The molecule has 150 valence electrons. The Morgan fingerprint density at radius 2 is 1.57 bits per heavy atom. The Bertz CT molecular complexity index is 1090. The average Bonchev–Trinajstić information content (AvgIpc) is 2.93. The number of piperazine rings is 1. The number of aromatic nitrogens is 1. The van der Waals surface area contributed by atoms with Gasteiger partial charge in [0.1, 0.15) is 0 Å². The van der Waals surface area contributed by atoms with Gasteiger partial charge in [0.25, 0.3) is 0 Å². The van der Waals surface area contributed by atoms with Crippen molar-refractivity contribution in [3.05, 3.63) is 101 Å². The van der Waals surface area contributed by atoms with Crippen molar-refractivity contribution in [1.29, 1.82) is 0 Å². The van der Waals surface area contributed by atoms with E-state index in [0.29, 0.717) is 0 Å². The Labute approximate surface area is 185 Å². The third-order valence-electron chi connectivity index (χ3n) is 5.82. The van der Waals surface area contributed by atoms with Gasteiger partial charge < -0.3 is 0 Å². The van der Waals surface area contributed by atoms with E-state index in [0.717, 1.165) is 36.2 Å². The van der Waals surface area contributed by atoms with Gasteiger partial charge in [-0.05, 0) is 46.0 Å². The van der Waals surface area contributed by atoms with Crippen LogP contribution < -0.4 is 0 Å². The van der Waals surface area contributed by atoms with E-state index < -0.39 is 0 Å². The summed E-state index contributed by atoms with van der Waals surface area (Å²) in [6.45, 7) is 3.77. The lowest BCUT2D eigenvalue weighted by atomic mass is 9.92. The molecule has 0 amide bonds. The monoisotopic (exact) mass is 458 g/mol. The maximum Gasteiger partial charge on any atom is 0.0615 e. The van der Waals surface area contributed by atoms with Gasteiger partial charge in [0.05, 0.1) is 12.3 Å². The van der Waals surface area contributed by atoms with E-state index in [4.69, 9.17) is 0 Å². The fourth-order valence-corrected chi connectivity index (χ4v) is 4.91. The van der Waals surface area contributed by atoms with Gasteiger partial charge >= 0.3 is 0 Å². The molecule has 4 nitrogen and oxygen atoms in total. The van der Waals surface area contributed by atoms with Crippen molar-refractivity contribution >= 4 is 32.7 Å². The maximum absolute atomic E-state index is 4.69. The van der Waals surface area contributed by atoms with Crippen LogP contribution in [-0.2, 0) is 0 Å². The van der Waals surface area contributed by atoms with Crippen LogP contribution >= 0.6 is 15.9 Å². The van der Waals surface area contributed by atoms with E-state index in [2.05, 4.69) is 90.5 Å². The van der Waals surface area contributed by atoms with E-state index >= 15 is 0 Å². The fourth-order valence-electron chi connectivity index (χ4n) is 4.30. The van der Waals surface area contributed by atoms with Crippen LogP contribution in [0.15, 0.2) is 78.2 Å². The summed E-state index contributed by atoms with van der Waals surface area (Å²) in [4.78, 5) is 6.65. The normalized spacial score (nSPS) is 19.2. The Hall–Kier alpha value is -2.76. The first-order chi connectivity index (χ1) is 14.8. The number of pyridine rings is 1. The third-order valence-corrected chi connectivity index (χ3v) is 6.47. The summed E-state index contributed by atoms with van der Waals surface area (Å²) in [6.07, 6.45) is 7.77. The second kappa shape index (κ2) is 8.54. The van der Waals surface area contributed by atoms with Crippen LogP contribution in [0.1, 0.15) is 33.9 Å². The van der Waals surface area contributed by atoms with Crippen LogP contribution in [-0.4, -0.2) is 47.3 Å². The van der Waals surface area contributed by atoms with E-state index in [1.54, 1.807) is 12.4 Å². The second-order valence-corrected chi connectivity index (χ2v) is 8.48. The predicted molar refractivity (Wildman–Crippen MR) is 127 cm³/mol. The van der Waals surface area contributed by atoms with Gasteiger partial charge in [-0.25, -0.2) is 0 Å². The highest BCUT2D eigenvalue weighted by Crippen LogP contribution is 2.41. The summed E-state index contributed by atoms with van der Waals surface area (Å²) in [5, 5.41) is 6.85. The minimum absolute atomic E-state index is 0.245. The van der Waals surface area contributed by atoms with Crippen molar-refractivity contribution < 1.29 is 0 Å². The van der Waals surface area contributed by atoms with Crippen molar-refractivity contribution in [3.63, 3.8) is 0 Å².